The van der Waals surface area contributed by atoms with Crippen molar-refractivity contribution >= 4 is 5.97 Å². The molecule has 0 heterocycles. The predicted molar refractivity (Wildman–Crippen MR) is 38.4 cm³/mol. The number of carboxylic acids is 1. The molecular formula is C7H14O2. The van der Waals surface area contributed by atoms with Gasteiger partial charge in [0.05, 0.1) is 0 Å². The van der Waals surface area contributed by atoms with Gasteiger partial charge in [-0.05, 0) is 6.42 Å². The van der Waals surface area contributed by atoms with Crippen molar-refractivity contribution in [2.24, 2.45) is 0 Å². The molecule has 2 nitrogen and oxygen atoms in total. The van der Waals surface area contributed by atoms with Gasteiger partial charge in [0, 0.05) is 6.42 Å². The van der Waals surface area contributed by atoms with Gasteiger partial charge in [-0.2, -0.15) is 0 Å². The zero-order chi connectivity index (χ0) is 7.70. The Morgan fingerprint density at radius 3 is 2.11 bits per heavy atom. The Morgan fingerprint density at radius 1 is 1.56 bits per heavy atom. The molecule has 0 amide bonds. The van der Waals surface area contributed by atoms with Gasteiger partial charge in [0.25, 0.3) is 0 Å². The summed E-state index contributed by atoms with van der Waals surface area (Å²) in [5.41, 5.74) is 0. The minimum absolute atomic E-state index is 0.316. The molecule has 54 valence electrons. The molecule has 0 aromatic heterocycles. The fraction of sp³-hybridized carbons (Fsp3) is 0.571. The minimum atomic E-state index is -0.693. The second-order valence-corrected chi connectivity index (χ2v) is 1.50. The molecule has 0 bridgehead atoms. The summed E-state index contributed by atoms with van der Waals surface area (Å²) in [6.45, 7) is 7.98. The van der Waals surface area contributed by atoms with Gasteiger partial charge in [0.15, 0.2) is 0 Å². The monoisotopic (exact) mass is 130 g/mol. The standard InChI is InChI=1S/C5H10O2.C2H4/c1-2-3-4-5(6)7;1-2/h2-4H2,1H3,(H,6,7);1-2H2. The van der Waals surface area contributed by atoms with Crippen molar-refractivity contribution in [1.82, 2.24) is 0 Å². The van der Waals surface area contributed by atoms with Gasteiger partial charge in [-0.25, -0.2) is 0 Å². The second-order valence-electron chi connectivity index (χ2n) is 1.50. The first kappa shape index (κ1) is 11.1. The van der Waals surface area contributed by atoms with Crippen molar-refractivity contribution in [1.29, 1.82) is 0 Å². The normalized spacial score (nSPS) is 7.22. The van der Waals surface area contributed by atoms with Crippen LogP contribution in [0.1, 0.15) is 26.2 Å². The van der Waals surface area contributed by atoms with E-state index in [2.05, 4.69) is 13.2 Å². The van der Waals surface area contributed by atoms with Gasteiger partial charge < -0.3 is 5.11 Å². The summed E-state index contributed by atoms with van der Waals surface area (Å²) >= 11 is 0. The summed E-state index contributed by atoms with van der Waals surface area (Å²) in [6, 6.07) is 0. The first-order chi connectivity index (χ1) is 4.27. The van der Waals surface area contributed by atoms with Crippen LogP contribution in [0.2, 0.25) is 0 Å². The van der Waals surface area contributed by atoms with Gasteiger partial charge in [0.1, 0.15) is 0 Å². The maximum atomic E-state index is 9.76. The van der Waals surface area contributed by atoms with E-state index in [4.69, 9.17) is 5.11 Å². The van der Waals surface area contributed by atoms with E-state index in [-0.39, 0.29) is 0 Å². The maximum Gasteiger partial charge on any atom is 0.303 e. The quantitative estimate of drug-likeness (QED) is 0.594. The van der Waals surface area contributed by atoms with Gasteiger partial charge in [-0.15, -0.1) is 13.2 Å². The molecule has 0 radical (unpaired) electrons. The lowest BCUT2D eigenvalue weighted by Gasteiger charge is -1.85. The van der Waals surface area contributed by atoms with Crippen LogP contribution in [0.15, 0.2) is 13.2 Å². The summed E-state index contributed by atoms with van der Waals surface area (Å²) in [7, 11) is 0. The zero-order valence-corrected chi connectivity index (χ0v) is 5.89. The van der Waals surface area contributed by atoms with Crippen molar-refractivity contribution in [3.05, 3.63) is 13.2 Å². The fourth-order valence-electron chi connectivity index (χ4n) is 0.328. The first-order valence-corrected chi connectivity index (χ1v) is 2.99. The van der Waals surface area contributed by atoms with Crippen molar-refractivity contribution in [3.63, 3.8) is 0 Å². The molecule has 0 rings (SSSR count). The second kappa shape index (κ2) is 10.2. The lowest BCUT2D eigenvalue weighted by atomic mass is 10.3. The number of rotatable bonds is 3. The van der Waals surface area contributed by atoms with E-state index in [9.17, 15) is 4.79 Å². The highest BCUT2D eigenvalue weighted by atomic mass is 16.4. The third kappa shape index (κ3) is 19.0. The summed E-state index contributed by atoms with van der Waals surface area (Å²) in [5.74, 6) is -0.693. The maximum absolute atomic E-state index is 9.76. The Bertz CT molecular complexity index is 69.3. The van der Waals surface area contributed by atoms with E-state index in [1.807, 2.05) is 6.92 Å². The molecule has 0 fully saturated rings. The Labute approximate surface area is 56.2 Å². The Hall–Kier alpha value is -0.790. The predicted octanol–water partition coefficient (Wildman–Crippen LogP) is 2.06. The summed E-state index contributed by atoms with van der Waals surface area (Å²) in [6.07, 6.45) is 2.08. The lowest BCUT2D eigenvalue weighted by Crippen LogP contribution is -1.91. The van der Waals surface area contributed by atoms with Gasteiger partial charge in [0.2, 0.25) is 0 Å². The Balaban J connectivity index is 0. The molecule has 0 spiro atoms. The van der Waals surface area contributed by atoms with E-state index >= 15 is 0 Å². The molecule has 0 aromatic carbocycles. The van der Waals surface area contributed by atoms with E-state index in [1.165, 1.54) is 0 Å². The largest absolute Gasteiger partial charge is 0.481 e. The van der Waals surface area contributed by atoms with Crippen LogP contribution in [-0.4, -0.2) is 11.1 Å². The number of aliphatic carboxylic acids is 1. The number of carboxylic acid groups (broad SMARTS) is 1. The zero-order valence-electron chi connectivity index (χ0n) is 5.89. The summed E-state index contributed by atoms with van der Waals surface area (Å²) < 4.78 is 0. The topological polar surface area (TPSA) is 37.3 Å². The van der Waals surface area contributed by atoms with Gasteiger partial charge >= 0.3 is 5.97 Å². The highest BCUT2D eigenvalue weighted by Gasteiger charge is 1.90. The van der Waals surface area contributed by atoms with E-state index in [0.717, 1.165) is 12.8 Å². The fourth-order valence-corrected chi connectivity index (χ4v) is 0.328. The molecule has 1 N–H and O–H groups in total. The number of unbranched alkanes of at least 4 members (excludes halogenated alkanes) is 1. The smallest absolute Gasteiger partial charge is 0.303 e. The van der Waals surface area contributed by atoms with Gasteiger partial charge in [-0.3, -0.25) is 4.79 Å². The van der Waals surface area contributed by atoms with Gasteiger partial charge in [-0.1, -0.05) is 13.3 Å². The number of hydrogen-bond donors (Lipinski definition) is 1. The third-order valence-corrected chi connectivity index (χ3v) is 0.744. The molecule has 0 atom stereocenters. The lowest BCUT2D eigenvalue weighted by molar-refractivity contribution is -0.137. The average molecular weight is 130 g/mol. The highest BCUT2D eigenvalue weighted by molar-refractivity contribution is 5.66. The van der Waals surface area contributed by atoms with Crippen LogP contribution in [0.4, 0.5) is 0 Å². The molecule has 0 saturated carbocycles. The summed E-state index contributed by atoms with van der Waals surface area (Å²) in [4.78, 5) is 9.76. The molecule has 0 aliphatic carbocycles. The van der Waals surface area contributed by atoms with E-state index in [0.29, 0.717) is 6.42 Å². The minimum Gasteiger partial charge on any atom is -0.481 e. The molecule has 0 unspecified atom stereocenters. The van der Waals surface area contributed by atoms with Crippen LogP contribution in [-0.2, 0) is 4.79 Å². The van der Waals surface area contributed by atoms with E-state index in [1.54, 1.807) is 0 Å². The molecule has 0 aromatic rings. The molecule has 2 heteroatoms. The van der Waals surface area contributed by atoms with Crippen LogP contribution in [0.3, 0.4) is 0 Å². The van der Waals surface area contributed by atoms with Crippen molar-refractivity contribution in [3.8, 4) is 0 Å². The third-order valence-electron chi connectivity index (χ3n) is 0.744. The van der Waals surface area contributed by atoms with Crippen molar-refractivity contribution in [2.45, 2.75) is 26.2 Å². The molecular weight excluding hydrogens is 116 g/mol. The number of hydrogen-bond acceptors (Lipinski definition) is 1. The SMILES string of the molecule is C=C.CCCCC(=O)O. The van der Waals surface area contributed by atoms with Crippen molar-refractivity contribution < 1.29 is 9.90 Å². The van der Waals surface area contributed by atoms with Crippen LogP contribution < -0.4 is 0 Å². The van der Waals surface area contributed by atoms with Crippen LogP contribution in [0, 0.1) is 0 Å². The van der Waals surface area contributed by atoms with Crippen molar-refractivity contribution in [2.75, 3.05) is 0 Å². The molecule has 0 saturated heterocycles. The Kier molecular flexibility index (Phi) is 12.6. The molecule has 0 aliphatic rings. The van der Waals surface area contributed by atoms with E-state index < -0.39 is 5.97 Å². The summed E-state index contributed by atoms with van der Waals surface area (Å²) in [5, 5.41) is 8.04. The molecule has 9 heavy (non-hydrogen) atoms. The molecule has 0 aliphatic heterocycles. The first-order valence-electron chi connectivity index (χ1n) is 2.99. The highest BCUT2D eigenvalue weighted by Crippen LogP contribution is 1.91. The van der Waals surface area contributed by atoms with Crippen LogP contribution in [0.25, 0.3) is 0 Å². The number of carbonyl (C=O) groups is 1. The van der Waals surface area contributed by atoms with Crippen LogP contribution >= 0.6 is 0 Å². The van der Waals surface area contributed by atoms with Crippen LogP contribution in [0.5, 0.6) is 0 Å². The average Bonchev–Trinajstić information content (AvgIpc) is 1.88. The Morgan fingerprint density at radius 2 is 2.00 bits per heavy atom.